The number of carbonyl (C=O) groups is 1. The molecule has 0 fully saturated rings. The van der Waals surface area contributed by atoms with E-state index in [2.05, 4.69) is 71.9 Å². The lowest BCUT2D eigenvalue weighted by Crippen LogP contribution is -2.48. The van der Waals surface area contributed by atoms with E-state index in [0.29, 0.717) is 12.5 Å². The molecule has 2 aromatic rings. The van der Waals surface area contributed by atoms with Gasteiger partial charge in [-0.3, -0.25) is 9.79 Å². The van der Waals surface area contributed by atoms with Crippen molar-refractivity contribution >= 4 is 35.8 Å². The summed E-state index contributed by atoms with van der Waals surface area (Å²) < 4.78 is 0. The Morgan fingerprint density at radius 1 is 1.03 bits per heavy atom. The zero-order chi connectivity index (χ0) is 20.0. The van der Waals surface area contributed by atoms with E-state index >= 15 is 0 Å². The largest absolute Gasteiger partial charge is 0.356 e. The average Bonchev–Trinajstić information content (AvgIpc) is 2.74. The minimum Gasteiger partial charge on any atom is -0.356 e. The number of rotatable bonds is 5. The Balaban J connectivity index is 0.00000300. The topological polar surface area (TPSA) is 56.7 Å². The highest BCUT2D eigenvalue weighted by Gasteiger charge is 2.22. The average molecular weight is 506 g/mol. The highest BCUT2D eigenvalue weighted by Crippen LogP contribution is 2.21. The van der Waals surface area contributed by atoms with E-state index in [1.165, 1.54) is 16.7 Å². The number of amides is 1. The molecule has 3 rings (SSSR count). The van der Waals surface area contributed by atoms with Crippen LogP contribution in [-0.2, 0) is 23.2 Å². The Hall–Kier alpha value is -2.09. The van der Waals surface area contributed by atoms with Crippen LogP contribution in [0.1, 0.15) is 30.5 Å². The third kappa shape index (κ3) is 6.19. The van der Waals surface area contributed by atoms with Crippen LogP contribution in [-0.4, -0.2) is 43.4 Å². The molecule has 1 aliphatic heterocycles. The molecular formula is C23H31IN4O. The van der Waals surface area contributed by atoms with Gasteiger partial charge in [0.1, 0.15) is 0 Å². The molecule has 0 atom stereocenters. The Morgan fingerprint density at radius 2 is 1.69 bits per heavy atom. The highest BCUT2D eigenvalue weighted by atomic mass is 127. The third-order valence-corrected chi connectivity index (χ3v) is 5.37. The van der Waals surface area contributed by atoms with Gasteiger partial charge in [-0.25, -0.2) is 0 Å². The molecule has 0 unspecified atom stereocenters. The van der Waals surface area contributed by atoms with E-state index in [1.54, 1.807) is 7.05 Å². The van der Waals surface area contributed by atoms with E-state index in [4.69, 9.17) is 0 Å². The van der Waals surface area contributed by atoms with Crippen molar-refractivity contribution in [2.45, 2.75) is 32.2 Å². The number of guanidine groups is 1. The molecule has 29 heavy (non-hydrogen) atoms. The number of hydrogen-bond acceptors (Lipinski definition) is 2. The number of halogens is 1. The van der Waals surface area contributed by atoms with Crippen LogP contribution in [0.5, 0.6) is 0 Å². The Morgan fingerprint density at radius 3 is 2.38 bits per heavy atom. The molecule has 0 radical (unpaired) electrons. The Kier molecular flexibility index (Phi) is 8.49. The van der Waals surface area contributed by atoms with Crippen LogP contribution in [0.25, 0.3) is 0 Å². The van der Waals surface area contributed by atoms with Crippen molar-refractivity contribution in [2.24, 2.45) is 4.99 Å². The van der Waals surface area contributed by atoms with Crippen molar-refractivity contribution in [3.63, 3.8) is 0 Å². The number of nitrogens with zero attached hydrogens (tertiary/aromatic N) is 2. The van der Waals surface area contributed by atoms with Gasteiger partial charge in [0, 0.05) is 32.1 Å². The first-order valence-electron chi connectivity index (χ1n) is 9.84. The summed E-state index contributed by atoms with van der Waals surface area (Å²) in [6, 6.07) is 18.8. The molecule has 6 heteroatoms. The van der Waals surface area contributed by atoms with Gasteiger partial charge in [0.2, 0.25) is 5.91 Å². The molecule has 0 spiro atoms. The normalized spacial score (nSPS) is 13.9. The first kappa shape index (κ1) is 23.2. The van der Waals surface area contributed by atoms with Gasteiger partial charge >= 0.3 is 0 Å². The van der Waals surface area contributed by atoms with Crippen LogP contribution in [0.15, 0.2) is 59.6 Å². The van der Waals surface area contributed by atoms with Crippen LogP contribution < -0.4 is 10.6 Å². The van der Waals surface area contributed by atoms with Gasteiger partial charge in [0.05, 0.1) is 6.54 Å². The molecule has 2 aromatic carbocycles. The first-order chi connectivity index (χ1) is 13.5. The van der Waals surface area contributed by atoms with Gasteiger partial charge in [0.15, 0.2) is 5.96 Å². The number of aliphatic imine (C=N–C) groups is 1. The summed E-state index contributed by atoms with van der Waals surface area (Å²) in [4.78, 5) is 18.8. The summed E-state index contributed by atoms with van der Waals surface area (Å²) >= 11 is 0. The molecule has 0 aliphatic carbocycles. The van der Waals surface area contributed by atoms with Gasteiger partial charge in [-0.15, -0.1) is 24.0 Å². The van der Waals surface area contributed by atoms with Gasteiger partial charge in [-0.05, 0) is 23.1 Å². The van der Waals surface area contributed by atoms with Crippen LogP contribution >= 0.6 is 24.0 Å². The van der Waals surface area contributed by atoms with Crippen LogP contribution in [0.2, 0.25) is 0 Å². The molecule has 0 saturated heterocycles. The highest BCUT2D eigenvalue weighted by molar-refractivity contribution is 14.0. The SMILES string of the molecule is CN=C(NCC(=O)N1CCc2ccccc2C1)NCC(C)(C)c1ccccc1.I. The minimum absolute atomic E-state index is 0. The van der Waals surface area contributed by atoms with E-state index in [1.807, 2.05) is 17.0 Å². The lowest BCUT2D eigenvalue weighted by atomic mass is 9.85. The predicted molar refractivity (Wildman–Crippen MR) is 130 cm³/mol. The summed E-state index contributed by atoms with van der Waals surface area (Å²) in [7, 11) is 1.73. The van der Waals surface area contributed by atoms with Crippen LogP contribution in [0, 0.1) is 0 Å². The molecule has 1 heterocycles. The number of fused-ring (bicyclic) bond motifs is 1. The fraction of sp³-hybridized carbons (Fsp3) is 0.391. The summed E-state index contributed by atoms with van der Waals surface area (Å²) in [6.07, 6.45) is 0.917. The van der Waals surface area contributed by atoms with Gasteiger partial charge < -0.3 is 15.5 Å². The van der Waals surface area contributed by atoms with E-state index in [9.17, 15) is 4.79 Å². The molecule has 0 aromatic heterocycles. The fourth-order valence-corrected chi connectivity index (χ4v) is 3.50. The standard InChI is InChI=1S/C23H30N4O.HI/c1-23(2,20-11-5-4-6-12-20)17-26-22(24-3)25-15-21(28)27-14-13-18-9-7-8-10-19(18)16-27;/h4-12H,13-17H2,1-3H3,(H2,24,25,26);1H. The van der Waals surface area contributed by atoms with E-state index < -0.39 is 0 Å². The lowest BCUT2D eigenvalue weighted by Gasteiger charge is -2.29. The van der Waals surface area contributed by atoms with Gasteiger partial charge in [-0.2, -0.15) is 0 Å². The Bertz CT molecular complexity index is 836. The van der Waals surface area contributed by atoms with Crippen molar-refractivity contribution in [2.75, 3.05) is 26.7 Å². The second-order valence-electron chi connectivity index (χ2n) is 7.86. The second-order valence-corrected chi connectivity index (χ2v) is 7.86. The molecule has 2 N–H and O–H groups in total. The summed E-state index contributed by atoms with van der Waals surface area (Å²) in [6.45, 7) is 6.81. The summed E-state index contributed by atoms with van der Waals surface area (Å²) in [5.41, 5.74) is 3.81. The number of benzene rings is 2. The minimum atomic E-state index is -0.0422. The zero-order valence-corrected chi connectivity index (χ0v) is 19.8. The van der Waals surface area contributed by atoms with Crippen molar-refractivity contribution in [3.8, 4) is 0 Å². The quantitative estimate of drug-likeness (QED) is 0.372. The molecule has 0 saturated carbocycles. The van der Waals surface area contributed by atoms with Gasteiger partial charge in [-0.1, -0.05) is 68.4 Å². The van der Waals surface area contributed by atoms with Crippen molar-refractivity contribution in [3.05, 3.63) is 71.3 Å². The molecule has 1 amide bonds. The van der Waals surface area contributed by atoms with E-state index in [0.717, 1.165) is 19.5 Å². The van der Waals surface area contributed by atoms with Crippen molar-refractivity contribution in [1.82, 2.24) is 15.5 Å². The fourth-order valence-electron chi connectivity index (χ4n) is 3.50. The molecule has 156 valence electrons. The lowest BCUT2D eigenvalue weighted by molar-refractivity contribution is -0.130. The number of nitrogens with one attached hydrogen (secondary N) is 2. The van der Waals surface area contributed by atoms with Crippen LogP contribution in [0.3, 0.4) is 0 Å². The number of carbonyl (C=O) groups excluding carboxylic acids is 1. The predicted octanol–water partition coefficient (Wildman–Crippen LogP) is 3.33. The molecule has 5 nitrogen and oxygen atoms in total. The third-order valence-electron chi connectivity index (χ3n) is 5.37. The van der Waals surface area contributed by atoms with Crippen molar-refractivity contribution < 1.29 is 4.79 Å². The maximum Gasteiger partial charge on any atom is 0.242 e. The number of hydrogen-bond donors (Lipinski definition) is 2. The second kappa shape index (κ2) is 10.6. The van der Waals surface area contributed by atoms with Crippen LogP contribution in [0.4, 0.5) is 0 Å². The summed E-state index contributed by atoms with van der Waals surface area (Å²) in [5.74, 6) is 0.745. The smallest absolute Gasteiger partial charge is 0.242 e. The van der Waals surface area contributed by atoms with Gasteiger partial charge in [0.25, 0.3) is 0 Å². The molecule has 0 bridgehead atoms. The maximum atomic E-state index is 12.6. The first-order valence-corrected chi connectivity index (χ1v) is 9.84. The molecular weight excluding hydrogens is 475 g/mol. The van der Waals surface area contributed by atoms with Crippen molar-refractivity contribution in [1.29, 1.82) is 0 Å². The zero-order valence-electron chi connectivity index (χ0n) is 17.4. The Labute approximate surface area is 191 Å². The monoisotopic (exact) mass is 506 g/mol. The molecule has 1 aliphatic rings. The summed E-state index contributed by atoms with van der Waals surface area (Å²) in [5, 5.41) is 6.51. The maximum absolute atomic E-state index is 12.6. The van der Waals surface area contributed by atoms with E-state index in [-0.39, 0.29) is 41.8 Å².